The first-order chi connectivity index (χ1) is 11.4. The number of alkyl halides is 3. The molecular formula is C16H19F3N4O. The molecule has 1 fully saturated rings. The highest BCUT2D eigenvalue weighted by Gasteiger charge is 2.35. The summed E-state index contributed by atoms with van der Waals surface area (Å²) in [6.07, 6.45) is -3.07. The third-order valence-corrected chi connectivity index (χ3v) is 4.32. The largest absolute Gasteiger partial charge is 0.416 e. The SMILES string of the molecule is CCn1ncnc1CN1CC(O)CC1c1cccc(C(F)(F)F)c1. The summed E-state index contributed by atoms with van der Waals surface area (Å²) in [6, 6.07) is 5.04. The lowest BCUT2D eigenvalue weighted by atomic mass is 10.0. The molecule has 1 aliphatic heterocycles. The van der Waals surface area contributed by atoms with Gasteiger partial charge in [-0.15, -0.1) is 0 Å². The highest BCUT2D eigenvalue weighted by atomic mass is 19.4. The Kier molecular flexibility index (Phi) is 4.60. The lowest BCUT2D eigenvalue weighted by molar-refractivity contribution is -0.137. The zero-order valence-electron chi connectivity index (χ0n) is 13.2. The predicted molar refractivity (Wildman–Crippen MR) is 80.9 cm³/mol. The van der Waals surface area contributed by atoms with Crippen LogP contribution in [0.1, 0.15) is 36.3 Å². The molecule has 1 aromatic carbocycles. The van der Waals surface area contributed by atoms with Gasteiger partial charge < -0.3 is 5.11 Å². The Bertz CT molecular complexity index is 701. The van der Waals surface area contributed by atoms with Gasteiger partial charge in [-0.2, -0.15) is 18.3 Å². The van der Waals surface area contributed by atoms with Gasteiger partial charge in [0.2, 0.25) is 0 Å². The third-order valence-electron chi connectivity index (χ3n) is 4.32. The van der Waals surface area contributed by atoms with E-state index in [-0.39, 0.29) is 6.04 Å². The molecule has 3 rings (SSSR count). The van der Waals surface area contributed by atoms with Crippen molar-refractivity contribution in [1.82, 2.24) is 19.7 Å². The van der Waals surface area contributed by atoms with Gasteiger partial charge in [0.05, 0.1) is 18.2 Å². The van der Waals surface area contributed by atoms with Gasteiger partial charge in [0.15, 0.2) is 0 Å². The highest BCUT2D eigenvalue weighted by molar-refractivity contribution is 5.29. The van der Waals surface area contributed by atoms with Crippen molar-refractivity contribution in [1.29, 1.82) is 0 Å². The highest BCUT2D eigenvalue weighted by Crippen LogP contribution is 2.36. The van der Waals surface area contributed by atoms with Crippen LogP contribution in [0.2, 0.25) is 0 Å². The van der Waals surface area contributed by atoms with Crippen molar-refractivity contribution in [2.24, 2.45) is 0 Å². The minimum Gasteiger partial charge on any atom is -0.392 e. The predicted octanol–water partition coefficient (Wildman–Crippen LogP) is 2.62. The van der Waals surface area contributed by atoms with Gasteiger partial charge in [-0.3, -0.25) is 4.90 Å². The molecule has 24 heavy (non-hydrogen) atoms. The van der Waals surface area contributed by atoms with Gasteiger partial charge in [-0.05, 0) is 31.0 Å². The number of halogens is 3. The van der Waals surface area contributed by atoms with E-state index in [2.05, 4.69) is 10.1 Å². The zero-order chi connectivity index (χ0) is 17.3. The van der Waals surface area contributed by atoms with Crippen molar-refractivity contribution in [3.05, 3.63) is 47.5 Å². The zero-order valence-corrected chi connectivity index (χ0v) is 13.2. The number of aryl methyl sites for hydroxylation is 1. The van der Waals surface area contributed by atoms with Crippen molar-refractivity contribution in [3.63, 3.8) is 0 Å². The lowest BCUT2D eigenvalue weighted by Gasteiger charge is -2.24. The van der Waals surface area contributed by atoms with Crippen LogP contribution in [0.15, 0.2) is 30.6 Å². The molecule has 2 aromatic rings. The summed E-state index contributed by atoms with van der Waals surface area (Å²) in [5, 5.41) is 14.1. The second-order valence-electron chi connectivity index (χ2n) is 5.95. The van der Waals surface area contributed by atoms with E-state index in [0.29, 0.717) is 31.6 Å². The van der Waals surface area contributed by atoms with E-state index in [1.807, 2.05) is 11.8 Å². The summed E-state index contributed by atoms with van der Waals surface area (Å²) >= 11 is 0. The number of rotatable bonds is 4. The molecule has 2 unspecified atom stereocenters. The molecule has 2 heterocycles. The van der Waals surface area contributed by atoms with E-state index in [9.17, 15) is 18.3 Å². The Labute approximate surface area is 137 Å². The van der Waals surface area contributed by atoms with Gasteiger partial charge in [0.1, 0.15) is 12.2 Å². The van der Waals surface area contributed by atoms with E-state index in [1.54, 1.807) is 10.7 Å². The van der Waals surface area contributed by atoms with Crippen LogP contribution in [0.5, 0.6) is 0 Å². The topological polar surface area (TPSA) is 54.2 Å². The number of aliphatic hydroxyl groups is 1. The van der Waals surface area contributed by atoms with E-state index in [1.165, 1.54) is 18.5 Å². The van der Waals surface area contributed by atoms with Crippen LogP contribution in [-0.2, 0) is 19.3 Å². The number of nitrogens with zero attached hydrogens (tertiary/aromatic N) is 4. The maximum Gasteiger partial charge on any atom is 0.416 e. The maximum absolute atomic E-state index is 12.9. The van der Waals surface area contributed by atoms with Gasteiger partial charge in [0, 0.05) is 19.1 Å². The minimum absolute atomic E-state index is 0.274. The summed E-state index contributed by atoms with van der Waals surface area (Å²) in [5.41, 5.74) is -0.109. The Morgan fingerprint density at radius 1 is 1.33 bits per heavy atom. The first-order valence-electron chi connectivity index (χ1n) is 7.84. The van der Waals surface area contributed by atoms with Crippen molar-refractivity contribution in [2.45, 2.75) is 44.8 Å². The van der Waals surface area contributed by atoms with Crippen molar-refractivity contribution >= 4 is 0 Å². The number of aromatic nitrogens is 3. The number of benzene rings is 1. The van der Waals surface area contributed by atoms with E-state index in [4.69, 9.17) is 0 Å². The van der Waals surface area contributed by atoms with E-state index in [0.717, 1.165) is 11.9 Å². The third kappa shape index (κ3) is 3.44. The Morgan fingerprint density at radius 3 is 2.83 bits per heavy atom. The van der Waals surface area contributed by atoms with Crippen LogP contribution in [-0.4, -0.2) is 37.4 Å². The fourth-order valence-corrected chi connectivity index (χ4v) is 3.18. The molecule has 1 saturated heterocycles. The fraction of sp³-hybridized carbons (Fsp3) is 0.500. The summed E-state index contributed by atoms with van der Waals surface area (Å²) in [7, 11) is 0. The second-order valence-corrected chi connectivity index (χ2v) is 5.95. The molecule has 8 heteroatoms. The molecule has 0 aliphatic carbocycles. The summed E-state index contributed by atoms with van der Waals surface area (Å²) in [6.45, 7) is 3.45. The number of β-amino-alcohol motifs (C(OH)–C–C–N with tert-alkyl or cyclic N) is 1. The minimum atomic E-state index is -4.37. The summed E-state index contributed by atoms with van der Waals surface area (Å²) in [4.78, 5) is 6.16. The van der Waals surface area contributed by atoms with Crippen molar-refractivity contribution < 1.29 is 18.3 Å². The molecule has 0 bridgehead atoms. The van der Waals surface area contributed by atoms with Crippen LogP contribution in [0.3, 0.4) is 0 Å². The summed E-state index contributed by atoms with van der Waals surface area (Å²) < 4.78 is 40.6. The van der Waals surface area contributed by atoms with Crippen LogP contribution < -0.4 is 0 Å². The standard InChI is InChI=1S/C16H19F3N4O/c1-2-23-15(20-10-21-23)9-22-8-13(24)7-14(22)11-4-3-5-12(6-11)16(17,18)19/h3-6,10,13-14,24H,2,7-9H2,1H3. The molecule has 2 atom stereocenters. The molecule has 1 N–H and O–H groups in total. The molecule has 0 saturated carbocycles. The fourth-order valence-electron chi connectivity index (χ4n) is 3.18. The molecule has 1 aliphatic rings. The van der Waals surface area contributed by atoms with Gasteiger partial charge >= 0.3 is 6.18 Å². The smallest absolute Gasteiger partial charge is 0.392 e. The van der Waals surface area contributed by atoms with Crippen LogP contribution in [0.4, 0.5) is 13.2 Å². The molecule has 0 spiro atoms. The lowest BCUT2D eigenvalue weighted by Crippen LogP contribution is -2.26. The van der Waals surface area contributed by atoms with Crippen LogP contribution in [0, 0.1) is 0 Å². The Hall–Kier alpha value is -1.93. The molecule has 1 aromatic heterocycles. The second kappa shape index (κ2) is 6.52. The first kappa shape index (κ1) is 16.9. The quantitative estimate of drug-likeness (QED) is 0.930. The monoisotopic (exact) mass is 340 g/mol. The summed E-state index contributed by atoms with van der Waals surface area (Å²) in [5.74, 6) is 0.739. The number of hydrogen-bond donors (Lipinski definition) is 1. The average Bonchev–Trinajstić information content (AvgIpc) is 3.13. The van der Waals surface area contributed by atoms with Gasteiger partial charge in [0.25, 0.3) is 0 Å². The molecule has 0 radical (unpaired) electrons. The van der Waals surface area contributed by atoms with Crippen molar-refractivity contribution in [3.8, 4) is 0 Å². The average molecular weight is 340 g/mol. The maximum atomic E-state index is 12.9. The van der Waals surface area contributed by atoms with Crippen LogP contribution in [0.25, 0.3) is 0 Å². The number of likely N-dealkylation sites (tertiary alicyclic amines) is 1. The molecule has 5 nitrogen and oxygen atoms in total. The van der Waals surface area contributed by atoms with Gasteiger partial charge in [-0.25, -0.2) is 9.67 Å². The van der Waals surface area contributed by atoms with E-state index >= 15 is 0 Å². The Morgan fingerprint density at radius 2 is 2.12 bits per heavy atom. The number of aliphatic hydroxyl groups excluding tert-OH is 1. The number of hydrogen-bond acceptors (Lipinski definition) is 4. The first-order valence-corrected chi connectivity index (χ1v) is 7.84. The Balaban J connectivity index is 1.86. The normalized spacial score (nSPS) is 22.2. The molecule has 0 amide bonds. The van der Waals surface area contributed by atoms with E-state index < -0.39 is 17.8 Å². The van der Waals surface area contributed by atoms with Gasteiger partial charge in [-0.1, -0.05) is 12.1 Å². The molecule has 130 valence electrons. The van der Waals surface area contributed by atoms with Crippen molar-refractivity contribution in [2.75, 3.05) is 6.54 Å². The van der Waals surface area contributed by atoms with Crippen LogP contribution >= 0.6 is 0 Å². The molecular weight excluding hydrogens is 321 g/mol.